The van der Waals surface area contributed by atoms with E-state index in [2.05, 4.69) is 20.9 Å². The minimum absolute atomic E-state index is 0.0400. The van der Waals surface area contributed by atoms with Crippen LogP contribution in [0.3, 0.4) is 0 Å². The first-order valence-corrected chi connectivity index (χ1v) is 17.8. The number of thiazole rings is 1. The highest BCUT2D eigenvalue weighted by Gasteiger charge is 2.20. The lowest BCUT2D eigenvalue weighted by atomic mass is 10.1. The van der Waals surface area contributed by atoms with Gasteiger partial charge in [0.25, 0.3) is 11.8 Å². The maximum Gasteiger partial charge on any atom is 0.272 e. The van der Waals surface area contributed by atoms with Crippen molar-refractivity contribution in [3.05, 3.63) is 117 Å². The van der Waals surface area contributed by atoms with Gasteiger partial charge in [0.15, 0.2) is 16.6 Å². The molecule has 0 saturated heterocycles. The highest BCUT2D eigenvalue weighted by atomic mass is 35.5. The second kappa shape index (κ2) is 17.3. The van der Waals surface area contributed by atoms with E-state index in [1.54, 1.807) is 91.9 Å². The Morgan fingerprint density at radius 2 is 1.53 bits per heavy atom. The SMILES string of the molecule is COc1cc(OC)c(OC)cc1/C=C(\NC(=O)c1ccccc1)C(=O)Nc1ccc(SC(C)C(=O)Nc2nc(-c3ccc(Cl)cc3Cl)cs2)cc1. The van der Waals surface area contributed by atoms with Gasteiger partial charge in [0.2, 0.25) is 5.91 Å². The van der Waals surface area contributed by atoms with Crippen LogP contribution in [0.15, 0.2) is 101 Å². The monoisotopic (exact) mass is 762 g/mol. The van der Waals surface area contributed by atoms with Crippen molar-refractivity contribution in [3.63, 3.8) is 0 Å². The number of anilines is 2. The van der Waals surface area contributed by atoms with Crippen LogP contribution >= 0.6 is 46.3 Å². The summed E-state index contributed by atoms with van der Waals surface area (Å²) >= 11 is 15.0. The van der Waals surface area contributed by atoms with Crippen LogP contribution in [0.25, 0.3) is 17.3 Å². The van der Waals surface area contributed by atoms with Gasteiger partial charge < -0.3 is 30.2 Å². The molecule has 0 spiro atoms. The molecule has 1 unspecified atom stereocenters. The molecule has 262 valence electrons. The molecule has 1 heterocycles. The van der Waals surface area contributed by atoms with E-state index in [1.807, 2.05) is 5.38 Å². The first-order valence-electron chi connectivity index (χ1n) is 15.3. The minimum atomic E-state index is -0.577. The Morgan fingerprint density at radius 3 is 2.20 bits per heavy atom. The molecule has 51 heavy (non-hydrogen) atoms. The van der Waals surface area contributed by atoms with Crippen molar-refractivity contribution in [1.82, 2.24) is 10.3 Å². The standard InChI is InChI=1S/C37H32Cl2N4O6S2/c1-21(34(44)43-37-42-30(20-50-37)27-15-10-24(38)18-28(27)39)51-26-13-11-25(12-14-26)40-36(46)29(41-35(45)22-8-6-5-7-9-22)16-23-17-32(48-3)33(49-4)19-31(23)47-2/h5-21H,1-4H3,(H,40,46)(H,41,45)(H,42,43,44)/b29-16-. The third-order valence-electron chi connectivity index (χ3n) is 7.30. The number of methoxy groups -OCH3 is 3. The second-order valence-corrected chi connectivity index (χ2v) is 13.8. The van der Waals surface area contributed by atoms with Crippen LogP contribution in [0.1, 0.15) is 22.8 Å². The number of nitrogens with zero attached hydrogens (tertiary/aromatic N) is 1. The molecule has 0 aliphatic carbocycles. The Morgan fingerprint density at radius 1 is 0.843 bits per heavy atom. The van der Waals surface area contributed by atoms with E-state index >= 15 is 0 Å². The van der Waals surface area contributed by atoms with Crippen LogP contribution in [0.5, 0.6) is 17.2 Å². The normalized spacial score (nSPS) is 11.7. The van der Waals surface area contributed by atoms with Gasteiger partial charge in [0, 0.05) is 43.7 Å². The fourth-order valence-corrected chi connectivity index (χ4v) is 6.78. The number of halogens is 2. The maximum atomic E-state index is 13.6. The highest BCUT2D eigenvalue weighted by molar-refractivity contribution is 8.00. The summed E-state index contributed by atoms with van der Waals surface area (Å²) < 4.78 is 16.3. The number of nitrogens with one attached hydrogen (secondary N) is 3. The summed E-state index contributed by atoms with van der Waals surface area (Å²) in [6.07, 6.45) is 1.50. The number of hydrogen-bond acceptors (Lipinski definition) is 9. The van der Waals surface area contributed by atoms with E-state index in [-0.39, 0.29) is 11.6 Å². The lowest BCUT2D eigenvalue weighted by Crippen LogP contribution is -2.30. The number of aromatic nitrogens is 1. The molecule has 0 saturated carbocycles. The van der Waals surface area contributed by atoms with Crippen LogP contribution in [0.4, 0.5) is 10.8 Å². The van der Waals surface area contributed by atoms with Gasteiger partial charge in [-0.15, -0.1) is 23.1 Å². The Hall–Kier alpha value is -5.01. The van der Waals surface area contributed by atoms with Crippen molar-refractivity contribution in [2.24, 2.45) is 0 Å². The summed E-state index contributed by atoms with van der Waals surface area (Å²) in [7, 11) is 4.48. The Balaban J connectivity index is 1.28. The lowest BCUT2D eigenvalue weighted by Gasteiger charge is -2.15. The molecule has 0 radical (unpaired) electrons. The number of ether oxygens (including phenoxy) is 3. The largest absolute Gasteiger partial charge is 0.496 e. The van der Waals surface area contributed by atoms with Gasteiger partial charge in [-0.2, -0.15) is 0 Å². The van der Waals surface area contributed by atoms with Gasteiger partial charge in [0.05, 0.1) is 37.3 Å². The van der Waals surface area contributed by atoms with Crippen molar-refractivity contribution in [1.29, 1.82) is 0 Å². The number of hydrogen-bond donors (Lipinski definition) is 3. The first kappa shape index (κ1) is 37.3. The maximum absolute atomic E-state index is 13.6. The molecule has 10 nitrogen and oxygen atoms in total. The van der Waals surface area contributed by atoms with Gasteiger partial charge in [-0.05, 0) is 73.7 Å². The van der Waals surface area contributed by atoms with E-state index in [1.165, 1.54) is 50.5 Å². The van der Waals surface area contributed by atoms with E-state index in [9.17, 15) is 14.4 Å². The molecule has 3 amide bonds. The number of thioether (sulfide) groups is 1. The number of benzene rings is 4. The summed E-state index contributed by atoms with van der Waals surface area (Å²) in [4.78, 5) is 45.1. The molecule has 14 heteroatoms. The summed E-state index contributed by atoms with van der Waals surface area (Å²) in [5.41, 5.74) is 2.62. The van der Waals surface area contributed by atoms with Crippen molar-refractivity contribution in [2.75, 3.05) is 32.0 Å². The van der Waals surface area contributed by atoms with Gasteiger partial charge in [-0.1, -0.05) is 41.4 Å². The Labute approximate surface area is 313 Å². The van der Waals surface area contributed by atoms with Crippen LogP contribution in [0, 0.1) is 0 Å². The van der Waals surface area contributed by atoms with Gasteiger partial charge >= 0.3 is 0 Å². The van der Waals surface area contributed by atoms with Gasteiger partial charge in [-0.3, -0.25) is 14.4 Å². The van der Waals surface area contributed by atoms with Crippen LogP contribution < -0.4 is 30.2 Å². The number of amides is 3. The second-order valence-electron chi connectivity index (χ2n) is 10.7. The van der Waals surface area contributed by atoms with E-state index < -0.39 is 17.1 Å². The smallest absolute Gasteiger partial charge is 0.272 e. The third kappa shape index (κ3) is 9.62. The molecule has 0 bridgehead atoms. The fourth-order valence-electron chi connectivity index (χ4n) is 4.70. The molecule has 5 aromatic rings. The number of carbonyl (C=O) groups is 3. The molecule has 3 N–H and O–H groups in total. The van der Waals surface area contributed by atoms with Crippen molar-refractivity contribution in [2.45, 2.75) is 17.1 Å². The van der Waals surface area contributed by atoms with Crippen molar-refractivity contribution >= 4 is 80.9 Å². The van der Waals surface area contributed by atoms with E-state index in [0.29, 0.717) is 60.5 Å². The summed E-state index contributed by atoms with van der Waals surface area (Å²) in [6, 6.07) is 24.0. The zero-order valence-corrected chi connectivity index (χ0v) is 30.9. The van der Waals surface area contributed by atoms with Crippen LogP contribution in [-0.4, -0.2) is 49.3 Å². The van der Waals surface area contributed by atoms with Gasteiger partial charge in [0.1, 0.15) is 11.4 Å². The molecule has 0 aliphatic heterocycles. The average molecular weight is 764 g/mol. The average Bonchev–Trinajstić information content (AvgIpc) is 3.59. The summed E-state index contributed by atoms with van der Waals surface area (Å²) in [6.45, 7) is 1.79. The van der Waals surface area contributed by atoms with E-state index in [4.69, 9.17) is 37.4 Å². The molecule has 0 aliphatic rings. The summed E-state index contributed by atoms with van der Waals surface area (Å²) in [5.74, 6) is -0.0331. The minimum Gasteiger partial charge on any atom is -0.496 e. The Kier molecular flexibility index (Phi) is 12.6. The fraction of sp³-hybridized carbons (Fsp3) is 0.135. The predicted octanol–water partition coefficient (Wildman–Crippen LogP) is 8.67. The molecule has 5 rings (SSSR count). The number of rotatable bonds is 13. The quantitative estimate of drug-likeness (QED) is 0.0804. The lowest BCUT2D eigenvalue weighted by molar-refractivity contribution is -0.115. The van der Waals surface area contributed by atoms with E-state index in [0.717, 1.165) is 4.90 Å². The molecule has 4 aromatic carbocycles. The molecule has 0 fully saturated rings. The van der Waals surface area contributed by atoms with Crippen LogP contribution in [-0.2, 0) is 9.59 Å². The topological polar surface area (TPSA) is 128 Å². The predicted molar refractivity (Wildman–Crippen MR) is 205 cm³/mol. The van der Waals surface area contributed by atoms with Crippen molar-refractivity contribution < 1.29 is 28.6 Å². The van der Waals surface area contributed by atoms with Crippen LogP contribution in [0.2, 0.25) is 10.0 Å². The zero-order valence-electron chi connectivity index (χ0n) is 27.8. The third-order valence-corrected chi connectivity index (χ3v) is 9.72. The Bertz CT molecular complexity index is 2070. The first-order chi connectivity index (χ1) is 24.6. The van der Waals surface area contributed by atoms with Crippen molar-refractivity contribution in [3.8, 4) is 28.5 Å². The molecular weight excluding hydrogens is 731 g/mol. The number of carbonyl (C=O) groups excluding carboxylic acids is 3. The molecule has 1 aromatic heterocycles. The van der Waals surface area contributed by atoms with Gasteiger partial charge in [-0.25, -0.2) is 4.98 Å². The summed E-state index contributed by atoms with van der Waals surface area (Å²) in [5, 5.41) is 11.2. The molecular formula is C37H32Cl2N4O6S2. The zero-order chi connectivity index (χ0) is 36.5. The molecule has 1 atom stereocenters. The highest BCUT2D eigenvalue weighted by Crippen LogP contribution is 2.36.